The van der Waals surface area contributed by atoms with Crippen molar-refractivity contribution in [2.75, 3.05) is 0 Å². The van der Waals surface area contributed by atoms with Crippen LogP contribution in [0.2, 0.25) is 0 Å². The van der Waals surface area contributed by atoms with Crippen molar-refractivity contribution in [3.8, 4) is 11.5 Å². The molecule has 15 heavy (non-hydrogen) atoms. The predicted molar refractivity (Wildman–Crippen MR) is 63.7 cm³/mol. The number of para-hydroxylation sites is 1. The van der Waals surface area contributed by atoms with Gasteiger partial charge in [0.15, 0.2) is 5.76 Å². The van der Waals surface area contributed by atoms with Gasteiger partial charge in [-0.2, -0.15) is 0 Å². The first-order chi connectivity index (χ1) is 7.36. The lowest BCUT2D eigenvalue weighted by molar-refractivity contribution is 0.580. The lowest BCUT2D eigenvalue weighted by Crippen LogP contribution is -1.72. The molecule has 0 bridgehead atoms. The molecule has 0 saturated carbocycles. The number of furan rings is 1. The van der Waals surface area contributed by atoms with E-state index in [-0.39, 0.29) is 0 Å². The van der Waals surface area contributed by atoms with E-state index in [2.05, 4.69) is 27.0 Å². The van der Waals surface area contributed by atoms with Crippen LogP contribution in [0.3, 0.4) is 0 Å². The van der Waals surface area contributed by atoms with Crippen molar-refractivity contribution in [1.29, 1.82) is 0 Å². The molecule has 0 saturated heterocycles. The van der Waals surface area contributed by atoms with Crippen LogP contribution in [0.4, 0.5) is 0 Å². The van der Waals surface area contributed by atoms with Crippen molar-refractivity contribution in [3.63, 3.8) is 0 Å². The summed E-state index contributed by atoms with van der Waals surface area (Å²) in [5, 5.41) is 1.17. The molecule has 2 nitrogen and oxygen atoms in total. The fourth-order valence-corrected chi connectivity index (χ4v) is 2.34. The number of aromatic nitrogens is 1. The number of fused-ring (bicyclic) bond motifs is 1. The zero-order chi connectivity index (χ0) is 10.3. The third-order valence-electron chi connectivity index (χ3n) is 2.41. The smallest absolute Gasteiger partial charge is 0.151 e. The predicted octanol–water partition coefficient (Wildman–Crippen LogP) is 4.19. The van der Waals surface area contributed by atoms with Gasteiger partial charge in [-0.25, -0.2) is 0 Å². The minimum absolute atomic E-state index is 0.845. The fraction of sp³-hybridized carbons (Fsp3) is 0. The summed E-state index contributed by atoms with van der Waals surface area (Å²) >= 11 is 3.58. The standard InChI is InChI=1S/C12H8BrNO/c13-11-8-4-1-2-5-9(8)14-12(11)10-6-3-7-15-10/h1-7,14H. The van der Waals surface area contributed by atoms with E-state index in [0.717, 1.165) is 21.4 Å². The first-order valence-corrected chi connectivity index (χ1v) is 5.45. The van der Waals surface area contributed by atoms with Gasteiger partial charge in [0.05, 0.1) is 16.4 Å². The third kappa shape index (κ3) is 1.31. The highest BCUT2D eigenvalue weighted by Gasteiger charge is 2.11. The number of aromatic amines is 1. The number of hydrogen-bond donors (Lipinski definition) is 1. The van der Waals surface area contributed by atoms with Gasteiger partial charge in [-0.05, 0) is 34.1 Å². The van der Waals surface area contributed by atoms with E-state index in [1.807, 2.05) is 30.3 Å². The van der Waals surface area contributed by atoms with Crippen LogP contribution in [-0.2, 0) is 0 Å². The minimum atomic E-state index is 0.845. The molecule has 0 radical (unpaired) electrons. The molecule has 1 N–H and O–H groups in total. The monoisotopic (exact) mass is 261 g/mol. The van der Waals surface area contributed by atoms with Crippen LogP contribution in [-0.4, -0.2) is 4.98 Å². The molecule has 0 amide bonds. The number of benzene rings is 1. The van der Waals surface area contributed by atoms with Crippen LogP contribution in [0.25, 0.3) is 22.4 Å². The van der Waals surface area contributed by atoms with Crippen molar-refractivity contribution in [3.05, 3.63) is 47.1 Å². The molecule has 2 aromatic heterocycles. The van der Waals surface area contributed by atoms with Gasteiger partial charge in [0.25, 0.3) is 0 Å². The fourth-order valence-electron chi connectivity index (χ4n) is 1.70. The highest BCUT2D eigenvalue weighted by atomic mass is 79.9. The second-order valence-corrected chi connectivity index (χ2v) is 4.13. The highest BCUT2D eigenvalue weighted by Crippen LogP contribution is 2.34. The molecule has 0 aliphatic rings. The van der Waals surface area contributed by atoms with Gasteiger partial charge in [-0.1, -0.05) is 18.2 Å². The maximum Gasteiger partial charge on any atom is 0.151 e. The molecule has 0 fully saturated rings. The zero-order valence-electron chi connectivity index (χ0n) is 7.83. The Morgan fingerprint density at radius 3 is 2.67 bits per heavy atom. The number of hydrogen-bond acceptors (Lipinski definition) is 1. The summed E-state index contributed by atoms with van der Waals surface area (Å²) in [6.45, 7) is 0. The summed E-state index contributed by atoms with van der Waals surface area (Å²) in [5.41, 5.74) is 2.09. The molecule has 3 rings (SSSR count). The van der Waals surface area contributed by atoms with Gasteiger partial charge < -0.3 is 9.40 Å². The Morgan fingerprint density at radius 2 is 1.93 bits per heavy atom. The van der Waals surface area contributed by atoms with Crippen molar-refractivity contribution in [2.24, 2.45) is 0 Å². The van der Waals surface area contributed by atoms with E-state index >= 15 is 0 Å². The maximum absolute atomic E-state index is 5.37. The Bertz CT molecular complexity index is 595. The lowest BCUT2D eigenvalue weighted by atomic mass is 10.2. The van der Waals surface area contributed by atoms with Gasteiger partial charge in [0.1, 0.15) is 0 Å². The van der Waals surface area contributed by atoms with Gasteiger partial charge in [-0.15, -0.1) is 0 Å². The molecule has 0 aliphatic carbocycles. The Hall–Kier alpha value is -1.48. The quantitative estimate of drug-likeness (QED) is 0.699. The Kier molecular flexibility index (Phi) is 1.92. The van der Waals surface area contributed by atoms with Crippen LogP contribution in [0.15, 0.2) is 51.6 Å². The van der Waals surface area contributed by atoms with Gasteiger partial charge in [-0.3, -0.25) is 0 Å². The Morgan fingerprint density at radius 1 is 1.07 bits per heavy atom. The summed E-state index contributed by atoms with van der Waals surface area (Å²) in [5.74, 6) is 0.845. The number of H-pyrrole nitrogens is 1. The molecule has 0 spiro atoms. The first kappa shape index (κ1) is 8.80. The summed E-state index contributed by atoms with van der Waals surface area (Å²) < 4.78 is 6.42. The normalized spacial score (nSPS) is 11.0. The third-order valence-corrected chi connectivity index (χ3v) is 3.23. The van der Waals surface area contributed by atoms with E-state index in [1.54, 1.807) is 6.26 Å². The number of nitrogens with one attached hydrogen (secondary N) is 1. The van der Waals surface area contributed by atoms with Gasteiger partial charge in [0.2, 0.25) is 0 Å². The largest absolute Gasteiger partial charge is 0.463 e. The molecular formula is C12H8BrNO. The van der Waals surface area contributed by atoms with Gasteiger partial charge in [0, 0.05) is 10.9 Å². The second-order valence-electron chi connectivity index (χ2n) is 3.34. The topological polar surface area (TPSA) is 28.9 Å². The second kappa shape index (κ2) is 3.28. The van der Waals surface area contributed by atoms with E-state index in [1.165, 1.54) is 5.39 Å². The average Bonchev–Trinajstić information content (AvgIpc) is 2.87. The zero-order valence-corrected chi connectivity index (χ0v) is 9.41. The van der Waals surface area contributed by atoms with Gasteiger partial charge >= 0.3 is 0 Å². The van der Waals surface area contributed by atoms with Crippen molar-refractivity contribution < 1.29 is 4.42 Å². The van der Waals surface area contributed by atoms with Crippen molar-refractivity contribution in [1.82, 2.24) is 4.98 Å². The SMILES string of the molecule is Brc1c(-c2ccco2)[nH]c2ccccc12. The van der Waals surface area contributed by atoms with E-state index in [9.17, 15) is 0 Å². The van der Waals surface area contributed by atoms with Crippen molar-refractivity contribution >= 4 is 26.8 Å². The molecule has 1 aromatic carbocycles. The summed E-state index contributed by atoms with van der Waals surface area (Å²) in [6.07, 6.45) is 1.67. The number of rotatable bonds is 1. The maximum atomic E-state index is 5.37. The summed E-state index contributed by atoms with van der Waals surface area (Å²) in [7, 11) is 0. The molecule has 2 heterocycles. The van der Waals surface area contributed by atoms with Crippen LogP contribution in [0.5, 0.6) is 0 Å². The summed E-state index contributed by atoms with van der Waals surface area (Å²) in [4.78, 5) is 3.33. The molecule has 0 unspecified atom stereocenters. The molecule has 0 atom stereocenters. The van der Waals surface area contributed by atoms with E-state index in [4.69, 9.17) is 4.42 Å². The molecule has 0 aliphatic heterocycles. The average molecular weight is 262 g/mol. The summed E-state index contributed by atoms with van der Waals surface area (Å²) in [6, 6.07) is 12.0. The van der Waals surface area contributed by atoms with E-state index in [0.29, 0.717) is 0 Å². The molecule has 3 aromatic rings. The Labute approximate surface area is 95.0 Å². The molecular weight excluding hydrogens is 254 g/mol. The van der Waals surface area contributed by atoms with Crippen molar-refractivity contribution in [2.45, 2.75) is 0 Å². The first-order valence-electron chi connectivity index (χ1n) is 4.66. The number of halogens is 1. The van der Waals surface area contributed by atoms with Crippen LogP contribution in [0, 0.1) is 0 Å². The van der Waals surface area contributed by atoms with Crippen LogP contribution >= 0.6 is 15.9 Å². The molecule has 3 heteroatoms. The van der Waals surface area contributed by atoms with Crippen LogP contribution in [0.1, 0.15) is 0 Å². The van der Waals surface area contributed by atoms with E-state index < -0.39 is 0 Å². The minimum Gasteiger partial charge on any atom is -0.463 e. The Balaban J connectivity index is 2.33. The molecule has 74 valence electrons. The highest BCUT2D eigenvalue weighted by molar-refractivity contribution is 9.10. The lowest BCUT2D eigenvalue weighted by Gasteiger charge is -1.91. The van der Waals surface area contributed by atoms with Crippen LogP contribution < -0.4 is 0 Å².